The van der Waals surface area contributed by atoms with E-state index in [4.69, 9.17) is 5.11 Å². The highest BCUT2D eigenvalue weighted by Gasteiger charge is 2.18. The van der Waals surface area contributed by atoms with E-state index >= 15 is 0 Å². The molecule has 1 amide bonds. The molecule has 0 fully saturated rings. The second-order valence-corrected chi connectivity index (χ2v) is 5.03. The number of aryl methyl sites for hydroxylation is 2. The lowest BCUT2D eigenvalue weighted by Gasteiger charge is -2.05. The average molecular weight is 293 g/mol. The Morgan fingerprint density at radius 2 is 2.20 bits per heavy atom. The van der Waals surface area contributed by atoms with Crippen LogP contribution in [0.15, 0.2) is 17.5 Å². The highest BCUT2D eigenvalue weighted by Crippen LogP contribution is 2.24. The van der Waals surface area contributed by atoms with Crippen LogP contribution in [0.25, 0.3) is 0 Å². The van der Waals surface area contributed by atoms with Crippen molar-refractivity contribution in [1.29, 1.82) is 0 Å². The molecule has 0 radical (unpaired) electrons. The van der Waals surface area contributed by atoms with Gasteiger partial charge in [0.05, 0.1) is 11.3 Å². The van der Waals surface area contributed by atoms with Gasteiger partial charge in [0.2, 0.25) is 0 Å². The molecule has 0 aliphatic carbocycles. The third kappa shape index (κ3) is 2.72. The standard InChI is InChI=1S/C13H15N3O3S/c1-3-8-7-10(16(4-2)15-8)11(17)14-12-9(13(18)19)5-6-20-12/h5-7H,3-4H2,1-2H3,(H,14,17)(H,18,19). The molecule has 2 rings (SSSR count). The van der Waals surface area contributed by atoms with E-state index in [0.717, 1.165) is 12.1 Å². The zero-order valence-corrected chi connectivity index (χ0v) is 12.0. The summed E-state index contributed by atoms with van der Waals surface area (Å²) in [6.07, 6.45) is 0.743. The number of nitrogens with one attached hydrogen (secondary N) is 1. The van der Waals surface area contributed by atoms with Crippen molar-refractivity contribution in [2.45, 2.75) is 26.8 Å². The smallest absolute Gasteiger partial charge is 0.338 e. The Hall–Kier alpha value is -2.15. The van der Waals surface area contributed by atoms with Crippen molar-refractivity contribution in [2.75, 3.05) is 5.32 Å². The summed E-state index contributed by atoms with van der Waals surface area (Å²) in [7, 11) is 0. The molecule has 6 nitrogen and oxygen atoms in total. The van der Waals surface area contributed by atoms with Gasteiger partial charge in [0.25, 0.3) is 5.91 Å². The Kier molecular flexibility index (Phi) is 4.19. The fourth-order valence-electron chi connectivity index (χ4n) is 1.81. The van der Waals surface area contributed by atoms with Crippen LogP contribution < -0.4 is 5.32 Å². The minimum atomic E-state index is -1.06. The highest BCUT2D eigenvalue weighted by atomic mass is 32.1. The summed E-state index contributed by atoms with van der Waals surface area (Å²) in [5.74, 6) is -1.40. The lowest BCUT2D eigenvalue weighted by Crippen LogP contribution is -2.18. The molecule has 2 N–H and O–H groups in total. The maximum atomic E-state index is 12.2. The molecule has 0 spiro atoms. The first-order chi connectivity index (χ1) is 9.56. The van der Waals surface area contributed by atoms with Crippen LogP contribution in [0.5, 0.6) is 0 Å². The number of aromatic carboxylic acids is 1. The Labute approximate surface area is 120 Å². The number of carboxylic acids is 1. The van der Waals surface area contributed by atoms with Crippen molar-refractivity contribution in [3.63, 3.8) is 0 Å². The number of hydrogen-bond acceptors (Lipinski definition) is 4. The third-order valence-corrected chi connectivity index (χ3v) is 3.68. The van der Waals surface area contributed by atoms with Crippen LogP contribution in [0.4, 0.5) is 5.00 Å². The minimum absolute atomic E-state index is 0.0987. The molecule has 20 heavy (non-hydrogen) atoms. The van der Waals surface area contributed by atoms with E-state index in [1.54, 1.807) is 16.1 Å². The van der Waals surface area contributed by atoms with Gasteiger partial charge in [0.1, 0.15) is 10.7 Å². The second kappa shape index (κ2) is 5.87. The van der Waals surface area contributed by atoms with Gasteiger partial charge < -0.3 is 10.4 Å². The first kappa shape index (κ1) is 14.3. The number of thiophene rings is 1. The van der Waals surface area contributed by atoms with Crippen LogP contribution in [-0.4, -0.2) is 26.8 Å². The maximum Gasteiger partial charge on any atom is 0.338 e. The Bertz CT molecular complexity index is 645. The van der Waals surface area contributed by atoms with Crippen LogP contribution in [0.1, 0.15) is 40.4 Å². The van der Waals surface area contributed by atoms with E-state index in [9.17, 15) is 9.59 Å². The van der Waals surface area contributed by atoms with E-state index in [1.807, 2.05) is 13.8 Å². The largest absolute Gasteiger partial charge is 0.478 e. The molecule has 0 saturated carbocycles. The van der Waals surface area contributed by atoms with Crippen molar-refractivity contribution in [1.82, 2.24) is 9.78 Å². The number of carboxylic acid groups (broad SMARTS) is 1. The molecule has 106 valence electrons. The van der Waals surface area contributed by atoms with Gasteiger partial charge in [0, 0.05) is 6.54 Å². The number of anilines is 1. The SMILES string of the molecule is CCc1cc(C(=O)Nc2sccc2C(=O)O)n(CC)n1. The van der Waals surface area contributed by atoms with Gasteiger partial charge in [-0.1, -0.05) is 6.92 Å². The second-order valence-electron chi connectivity index (χ2n) is 4.11. The van der Waals surface area contributed by atoms with Gasteiger partial charge in [-0.3, -0.25) is 9.48 Å². The lowest BCUT2D eigenvalue weighted by molar-refractivity contribution is 0.0698. The van der Waals surface area contributed by atoms with Gasteiger partial charge >= 0.3 is 5.97 Å². The predicted octanol–water partition coefficient (Wildman–Crippen LogP) is 2.48. The first-order valence-electron chi connectivity index (χ1n) is 6.25. The predicted molar refractivity (Wildman–Crippen MR) is 76.5 cm³/mol. The summed E-state index contributed by atoms with van der Waals surface area (Å²) >= 11 is 1.18. The number of aromatic nitrogens is 2. The van der Waals surface area contributed by atoms with Gasteiger partial charge in [-0.05, 0) is 30.9 Å². The van der Waals surface area contributed by atoms with Crippen molar-refractivity contribution >= 4 is 28.2 Å². The Morgan fingerprint density at radius 3 is 2.80 bits per heavy atom. The van der Waals surface area contributed by atoms with Gasteiger partial charge in [0.15, 0.2) is 0 Å². The molecule has 2 aromatic rings. The minimum Gasteiger partial charge on any atom is -0.478 e. The molecule has 7 heteroatoms. The van der Waals surface area contributed by atoms with E-state index in [0.29, 0.717) is 17.2 Å². The van der Waals surface area contributed by atoms with Crippen LogP contribution in [0, 0.1) is 0 Å². The number of rotatable bonds is 5. The van der Waals surface area contributed by atoms with Gasteiger partial charge in [-0.25, -0.2) is 4.79 Å². The molecule has 0 aliphatic heterocycles. The average Bonchev–Trinajstić information content (AvgIpc) is 3.03. The van der Waals surface area contributed by atoms with Crippen LogP contribution in [0.2, 0.25) is 0 Å². The monoisotopic (exact) mass is 293 g/mol. The number of amides is 1. The van der Waals surface area contributed by atoms with Gasteiger partial charge in [-0.2, -0.15) is 5.10 Å². The van der Waals surface area contributed by atoms with Crippen molar-refractivity contribution in [3.05, 3.63) is 34.5 Å². The summed E-state index contributed by atoms with van der Waals surface area (Å²) in [5, 5.41) is 17.9. The summed E-state index contributed by atoms with van der Waals surface area (Å²) in [6.45, 7) is 4.45. The molecule has 2 aromatic heterocycles. The lowest BCUT2D eigenvalue weighted by atomic mass is 10.3. The summed E-state index contributed by atoms with van der Waals surface area (Å²) < 4.78 is 1.61. The van der Waals surface area contributed by atoms with Crippen LogP contribution in [0.3, 0.4) is 0 Å². The van der Waals surface area contributed by atoms with E-state index in [1.165, 1.54) is 17.4 Å². The summed E-state index contributed by atoms with van der Waals surface area (Å²) in [6, 6.07) is 3.20. The number of carbonyl (C=O) groups is 2. The molecule has 0 saturated heterocycles. The van der Waals surface area contributed by atoms with Crippen LogP contribution >= 0.6 is 11.3 Å². The fourth-order valence-corrected chi connectivity index (χ4v) is 2.58. The topological polar surface area (TPSA) is 84.2 Å². The van der Waals surface area contributed by atoms with E-state index in [-0.39, 0.29) is 11.5 Å². The summed E-state index contributed by atoms with van der Waals surface area (Å²) in [5.41, 5.74) is 1.37. The molecular formula is C13H15N3O3S. The van der Waals surface area contributed by atoms with Gasteiger partial charge in [-0.15, -0.1) is 11.3 Å². The highest BCUT2D eigenvalue weighted by molar-refractivity contribution is 7.14. The molecular weight excluding hydrogens is 278 g/mol. The maximum absolute atomic E-state index is 12.2. The van der Waals surface area contributed by atoms with Crippen LogP contribution in [-0.2, 0) is 13.0 Å². The molecule has 0 aromatic carbocycles. The third-order valence-electron chi connectivity index (χ3n) is 2.85. The Morgan fingerprint density at radius 1 is 1.45 bits per heavy atom. The first-order valence-corrected chi connectivity index (χ1v) is 7.13. The summed E-state index contributed by atoms with van der Waals surface area (Å²) in [4.78, 5) is 23.2. The zero-order valence-electron chi connectivity index (χ0n) is 11.2. The zero-order chi connectivity index (χ0) is 14.7. The molecule has 2 heterocycles. The Balaban J connectivity index is 2.26. The van der Waals surface area contributed by atoms with E-state index in [2.05, 4.69) is 10.4 Å². The van der Waals surface area contributed by atoms with E-state index < -0.39 is 5.97 Å². The number of hydrogen-bond donors (Lipinski definition) is 2. The van der Waals surface area contributed by atoms with Crippen molar-refractivity contribution in [3.8, 4) is 0 Å². The normalized spacial score (nSPS) is 10.5. The molecule has 0 aliphatic rings. The van der Waals surface area contributed by atoms with Crippen molar-refractivity contribution < 1.29 is 14.7 Å². The van der Waals surface area contributed by atoms with Crippen molar-refractivity contribution in [2.24, 2.45) is 0 Å². The fraction of sp³-hybridized carbons (Fsp3) is 0.308. The number of nitrogens with zero attached hydrogens (tertiary/aromatic N) is 2. The quantitative estimate of drug-likeness (QED) is 0.887. The molecule has 0 bridgehead atoms. The molecule has 0 unspecified atom stereocenters. The number of carbonyl (C=O) groups excluding carboxylic acids is 1. The molecule has 0 atom stereocenters.